The molecule has 0 radical (unpaired) electrons. The number of phenols is 1. The normalized spacial score (nSPS) is 13.7. The Balaban J connectivity index is 3.05. The molecule has 0 fully saturated rings. The Kier molecular flexibility index (Phi) is 16.9. The molecule has 14 nitrogen and oxygen atoms in total. The molecular formula is C26H44N8O6S. The van der Waals surface area contributed by atoms with E-state index < -0.39 is 47.9 Å². The predicted molar refractivity (Wildman–Crippen MR) is 159 cm³/mol. The quantitative estimate of drug-likeness (QED) is 0.0487. The molecule has 3 amide bonds. The van der Waals surface area contributed by atoms with Crippen LogP contribution in [0.15, 0.2) is 29.3 Å². The summed E-state index contributed by atoms with van der Waals surface area (Å²) in [5.74, 6) is -2.57. The summed E-state index contributed by atoms with van der Waals surface area (Å²) in [4.78, 5) is 55.0. The molecule has 0 aliphatic heterocycles. The first-order chi connectivity index (χ1) is 19.5. The maximum atomic E-state index is 13.4. The lowest BCUT2D eigenvalue weighted by atomic mass is 10.0. The van der Waals surface area contributed by atoms with Gasteiger partial charge in [-0.05, 0) is 74.8 Å². The number of nitrogens with two attached hydrogens (primary N) is 4. The summed E-state index contributed by atoms with van der Waals surface area (Å²) in [5.41, 5.74) is 22.8. The van der Waals surface area contributed by atoms with Gasteiger partial charge in [-0.2, -0.15) is 11.8 Å². The van der Waals surface area contributed by atoms with E-state index in [0.29, 0.717) is 37.1 Å². The summed E-state index contributed by atoms with van der Waals surface area (Å²) in [6.45, 7) is 0.692. The highest BCUT2D eigenvalue weighted by Gasteiger charge is 2.30. The number of thioether (sulfide) groups is 1. The van der Waals surface area contributed by atoms with Gasteiger partial charge in [0.05, 0.1) is 6.04 Å². The number of guanidine groups is 1. The van der Waals surface area contributed by atoms with E-state index >= 15 is 0 Å². The molecule has 13 N–H and O–H groups in total. The Hall–Kier alpha value is -3.56. The monoisotopic (exact) mass is 596 g/mol. The number of aliphatic carboxylic acids is 1. The molecule has 4 atom stereocenters. The Labute approximate surface area is 244 Å². The number of amides is 3. The first-order valence-electron chi connectivity index (χ1n) is 13.4. The van der Waals surface area contributed by atoms with E-state index in [1.54, 1.807) is 12.1 Å². The number of nitrogens with zero attached hydrogens (tertiary/aromatic N) is 1. The largest absolute Gasteiger partial charge is 0.508 e. The second-order valence-electron chi connectivity index (χ2n) is 9.51. The number of carboxylic acids is 1. The lowest BCUT2D eigenvalue weighted by Gasteiger charge is -2.25. The van der Waals surface area contributed by atoms with Crippen molar-refractivity contribution in [1.82, 2.24) is 16.0 Å². The van der Waals surface area contributed by atoms with Crippen molar-refractivity contribution in [3.05, 3.63) is 29.8 Å². The zero-order chi connectivity index (χ0) is 30.8. The van der Waals surface area contributed by atoms with Crippen LogP contribution in [0.5, 0.6) is 5.75 Å². The van der Waals surface area contributed by atoms with Crippen molar-refractivity contribution in [3.63, 3.8) is 0 Å². The van der Waals surface area contributed by atoms with Crippen LogP contribution >= 0.6 is 11.8 Å². The van der Waals surface area contributed by atoms with Crippen molar-refractivity contribution in [3.8, 4) is 5.75 Å². The van der Waals surface area contributed by atoms with Crippen LogP contribution in [0.4, 0.5) is 0 Å². The van der Waals surface area contributed by atoms with Crippen molar-refractivity contribution in [2.24, 2.45) is 27.9 Å². The summed E-state index contributed by atoms with van der Waals surface area (Å²) in [6, 6.07) is 1.88. The molecule has 1 aromatic rings. The van der Waals surface area contributed by atoms with Crippen LogP contribution in [0.1, 0.15) is 44.1 Å². The number of carboxylic acid groups (broad SMARTS) is 1. The lowest BCUT2D eigenvalue weighted by Crippen LogP contribution is -2.57. The molecule has 0 bridgehead atoms. The number of carbonyl (C=O) groups excluding carboxylic acids is 3. The summed E-state index contributed by atoms with van der Waals surface area (Å²) < 4.78 is 0. The van der Waals surface area contributed by atoms with Gasteiger partial charge in [-0.3, -0.25) is 19.4 Å². The fourth-order valence-corrected chi connectivity index (χ4v) is 4.28. The molecule has 0 saturated heterocycles. The van der Waals surface area contributed by atoms with Gasteiger partial charge in [0.25, 0.3) is 0 Å². The van der Waals surface area contributed by atoms with Gasteiger partial charge < -0.3 is 49.1 Å². The molecule has 1 aromatic carbocycles. The molecule has 230 valence electrons. The number of hydrogen-bond donors (Lipinski definition) is 9. The van der Waals surface area contributed by atoms with E-state index in [1.807, 2.05) is 6.26 Å². The van der Waals surface area contributed by atoms with Crippen LogP contribution in [0.3, 0.4) is 0 Å². The van der Waals surface area contributed by atoms with Crippen LogP contribution < -0.4 is 38.9 Å². The van der Waals surface area contributed by atoms with Crippen molar-refractivity contribution in [2.75, 3.05) is 25.1 Å². The fraction of sp³-hybridized carbons (Fsp3) is 0.577. The number of phenolic OH excluding ortho intramolecular Hbond substituents is 1. The molecule has 0 heterocycles. The number of aliphatic imine (C=N–C) groups is 1. The molecule has 1 rings (SSSR count). The smallest absolute Gasteiger partial charge is 0.326 e. The van der Waals surface area contributed by atoms with Crippen molar-refractivity contribution in [1.29, 1.82) is 0 Å². The SMILES string of the molecule is CSCCC(NC(=O)C(Cc1ccc(O)cc1)NC(=O)C(N)CCCN=C(N)N)C(=O)NC(CCCCN)C(=O)O. The first kappa shape index (κ1) is 35.5. The van der Waals surface area contributed by atoms with Gasteiger partial charge in [0.15, 0.2) is 5.96 Å². The van der Waals surface area contributed by atoms with E-state index in [-0.39, 0.29) is 43.9 Å². The van der Waals surface area contributed by atoms with E-state index in [2.05, 4.69) is 20.9 Å². The first-order valence-corrected chi connectivity index (χ1v) is 14.8. The lowest BCUT2D eigenvalue weighted by molar-refractivity contribution is -0.142. The Bertz CT molecular complexity index is 1010. The van der Waals surface area contributed by atoms with E-state index in [9.17, 15) is 29.4 Å². The predicted octanol–water partition coefficient (Wildman–Crippen LogP) is -1.26. The van der Waals surface area contributed by atoms with Crippen LogP contribution in [-0.2, 0) is 25.6 Å². The highest BCUT2D eigenvalue weighted by molar-refractivity contribution is 7.98. The molecule has 41 heavy (non-hydrogen) atoms. The standard InChI is InChI=1S/C26H44N8O6S/c1-41-14-11-19(23(37)33-20(25(39)40)6-2-3-12-27)32-24(38)21(15-16-7-9-17(35)10-8-16)34-22(36)18(28)5-4-13-31-26(29)30/h7-10,18-21,35H,2-6,11-15,27-28H2,1H3,(H,32,38)(H,33,37)(H,34,36)(H,39,40)(H4,29,30,31). The van der Waals surface area contributed by atoms with Gasteiger partial charge in [-0.1, -0.05) is 12.1 Å². The van der Waals surface area contributed by atoms with Crippen molar-refractivity contribution >= 4 is 41.4 Å². The zero-order valence-electron chi connectivity index (χ0n) is 23.4. The van der Waals surface area contributed by atoms with Crippen LogP contribution in [0, 0.1) is 0 Å². The second-order valence-corrected chi connectivity index (χ2v) is 10.5. The number of benzene rings is 1. The second kappa shape index (κ2) is 19.5. The van der Waals surface area contributed by atoms with E-state index in [1.165, 1.54) is 23.9 Å². The van der Waals surface area contributed by atoms with Crippen LogP contribution in [0.2, 0.25) is 0 Å². The molecule has 0 aromatic heterocycles. The number of aromatic hydroxyl groups is 1. The van der Waals surface area contributed by atoms with E-state index in [4.69, 9.17) is 22.9 Å². The maximum absolute atomic E-state index is 13.4. The van der Waals surface area contributed by atoms with Crippen LogP contribution in [0.25, 0.3) is 0 Å². The van der Waals surface area contributed by atoms with Gasteiger partial charge in [0, 0.05) is 13.0 Å². The topological polar surface area (TPSA) is 261 Å². The minimum atomic E-state index is -1.18. The zero-order valence-corrected chi connectivity index (χ0v) is 24.2. The third-order valence-corrected chi connectivity index (χ3v) is 6.76. The van der Waals surface area contributed by atoms with Gasteiger partial charge >= 0.3 is 5.97 Å². The van der Waals surface area contributed by atoms with Crippen LogP contribution in [-0.4, -0.2) is 89.1 Å². The minimum Gasteiger partial charge on any atom is -0.508 e. The van der Waals surface area contributed by atoms with Crippen molar-refractivity contribution < 1.29 is 29.4 Å². The number of rotatable bonds is 20. The minimum absolute atomic E-state index is 0.0369. The van der Waals surface area contributed by atoms with Gasteiger partial charge in [-0.15, -0.1) is 0 Å². The molecule has 0 aliphatic rings. The third kappa shape index (κ3) is 14.6. The molecule has 0 saturated carbocycles. The molecule has 0 aliphatic carbocycles. The van der Waals surface area contributed by atoms with Gasteiger partial charge in [0.1, 0.15) is 23.9 Å². The third-order valence-electron chi connectivity index (χ3n) is 6.12. The Morgan fingerprint density at radius 2 is 1.49 bits per heavy atom. The van der Waals surface area contributed by atoms with Gasteiger partial charge in [-0.25, -0.2) is 4.79 Å². The number of carbonyl (C=O) groups is 4. The highest BCUT2D eigenvalue weighted by atomic mass is 32.2. The maximum Gasteiger partial charge on any atom is 0.326 e. The number of unbranched alkanes of at least 4 members (excludes halogenated alkanes) is 1. The molecule has 4 unspecified atom stereocenters. The number of nitrogens with one attached hydrogen (secondary N) is 3. The summed E-state index contributed by atoms with van der Waals surface area (Å²) in [6.07, 6.45) is 4.15. The molecule has 15 heteroatoms. The average molecular weight is 597 g/mol. The van der Waals surface area contributed by atoms with Crippen molar-refractivity contribution in [2.45, 2.75) is 69.1 Å². The number of hydrogen-bond acceptors (Lipinski definition) is 9. The molecule has 0 spiro atoms. The highest BCUT2D eigenvalue weighted by Crippen LogP contribution is 2.13. The Morgan fingerprint density at radius 1 is 0.878 bits per heavy atom. The fourth-order valence-electron chi connectivity index (χ4n) is 3.81. The molecular weight excluding hydrogens is 552 g/mol. The Morgan fingerprint density at radius 3 is 2.07 bits per heavy atom. The van der Waals surface area contributed by atoms with E-state index in [0.717, 1.165) is 0 Å². The average Bonchev–Trinajstić information content (AvgIpc) is 2.92. The van der Waals surface area contributed by atoms with Gasteiger partial charge in [0.2, 0.25) is 17.7 Å². The summed E-state index contributed by atoms with van der Waals surface area (Å²) in [7, 11) is 0. The summed E-state index contributed by atoms with van der Waals surface area (Å²) in [5, 5.41) is 27.0. The summed E-state index contributed by atoms with van der Waals surface area (Å²) >= 11 is 1.46.